The predicted molar refractivity (Wildman–Crippen MR) is 103 cm³/mol. The van der Waals surface area contributed by atoms with Crippen molar-refractivity contribution in [2.24, 2.45) is 9.98 Å². The van der Waals surface area contributed by atoms with Crippen molar-refractivity contribution >= 4 is 11.4 Å². The standard InChI is InChI=1S/C24H14N2/c1-2-7-15(8-3-1)16-10-6-11-17-18-13-14-21-22(24(18)26-23(16)17)19-9-4-5-12-20(19)25-21/h1-14H. The largest absolute Gasteiger partial charge is 0.248 e. The molecular weight excluding hydrogens is 316 g/mol. The predicted octanol–water partition coefficient (Wildman–Crippen LogP) is 4.84. The Bertz CT molecular complexity index is 1420. The van der Waals surface area contributed by atoms with Gasteiger partial charge in [-0.3, -0.25) is 0 Å². The summed E-state index contributed by atoms with van der Waals surface area (Å²) in [5.74, 6) is 0. The Morgan fingerprint density at radius 2 is 1.35 bits per heavy atom. The van der Waals surface area contributed by atoms with Crippen molar-refractivity contribution in [3.05, 3.63) is 106 Å². The summed E-state index contributed by atoms with van der Waals surface area (Å²) < 4.78 is 0. The Morgan fingerprint density at radius 3 is 2.27 bits per heavy atom. The van der Waals surface area contributed by atoms with Gasteiger partial charge in [-0.2, -0.15) is 0 Å². The molecule has 2 nitrogen and oxygen atoms in total. The van der Waals surface area contributed by atoms with Gasteiger partial charge in [-0.25, -0.2) is 9.98 Å². The highest BCUT2D eigenvalue weighted by molar-refractivity contribution is 5.87. The summed E-state index contributed by atoms with van der Waals surface area (Å²) in [5, 5.41) is 4.48. The molecule has 0 unspecified atom stereocenters. The Hall–Kier alpha value is -3.52. The number of nitrogens with zero attached hydrogens (tertiary/aromatic N) is 2. The summed E-state index contributed by atoms with van der Waals surface area (Å²) in [6.07, 6.45) is 0. The van der Waals surface area contributed by atoms with E-state index in [1.54, 1.807) is 0 Å². The van der Waals surface area contributed by atoms with E-state index in [0.29, 0.717) is 0 Å². The van der Waals surface area contributed by atoms with Crippen LogP contribution in [0.15, 0.2) is 94.9 Å². The molecular formula is C24H14N2. The molecule has 26 heavy (non-hydrogen) atoms. The molecule has 0 fully saturated rings. The highest BCUT2D eigenvalue weighted by atomic mass is 14.8. The average Bonchev–Trinajstić information content (AvgIpc) is 3.26. The molecule has 0 spiro atoms. The lowest BCUT2D eigenvalue weighted by molar-refractivity contribution is 1.36. The lowest BCUT2D eigenvalue weighted by Gasteiger charge is -2.02. The molecule has 4 aromatic rings. The quantitative estimate of drug-likeness (QED) is 0.412. The number of benzene rings is 4. The number of para-hydroxylation sites is 2. The zero-order valence-electron chi connectivity index (χ0n) is 14.0. The van der Waals surface area contributed by atoms with E-state index in [-0.39, 0.29) is 0 Å². The van der Waals surface area contributed by atoms with Gasteiger partial charge >= 0.3 is 0 Å². The van der Waals surface area contributed by atoms with E-state index in [1.165, 1.54) is 27.1 Å². The Balaban J connectivity index is 1.74. The summed E-state index contributed by atoms with van der Waals surface area (Å²) in [6.45, 7) is 0. The third-order valence-corrected chi connectivity index (χ3v) is 5.20. The number of fused-ring (bicyclic) bond motifs is 6. The fourth-order valence-corrected chi connectivity index (χ4v) is 4.03. The van der Waals surface area contributed by atoms with Crippen LogP contribution >= 0.6 is 0 Å². The van der Waals surface area contributed by atoms with Crippen LogP contribution in [0.2, 0.25) is 0 Å². The first kappa shape index (κ1) is 13.7. The summed E-state index contributed by atoms with van der Waals surface area (Å²) in [4.78, 5) is 9.88. The lowest BCUT2D eigenvalue weighted by atomic mass is 10.0. The van der Waals surface area contributed by atoms with Crippen LogP contribution in [0.4, 0.5) is 11.4 Å². The second-order valence-corrected chi connectivity index (χ2v) is 6.66. The smallest absolute Gasteiger partial charge is 0.0817 e. The minimum absolute atomic E-state index is 1.02. The van der Waals surface area contributed by atoms with Gasteiger partial charge in [-0.15, -0.1) is 0 Å². The Morgan fingerprint density at radius 1 is 0.538 bits per heavy atom. The van der Waals surface area contributed by atoms with Crippen LogP contribution in [-0.4, -0.2) is 0 Å². The average molecular weight is 330 g/mol. The molecule has 0 atom stereocenters. The first-order chi connectivity index (χ1) is 12.9. The van der Waals surface area contributed by atoms with E-state index in [4.69, 9.17) is 9.98 Å². The number of hydrogen-bond acceptors (Lipinski definition) is 2. The maximum atomic E-state index is 5.10. The molecule has 0 saturated carbocycles. The van der Waals surface area contributed by atoms with E-state index in [2.05, 4.69) is 72.8 Å². The van der Waals surface area contributed by atoms with Crippen LogP contribution in [0.1, 0.15) is 0 Å². The Labute approximate surface area is 150 Å². The van der Waals surface area contributed by atoms with Gasteiger partial charge in [0.2, 0.25) is 0 Å². The molecule has 0 saturated heterocycles. The van der Waals surface area contributed by atoms with Gasteiger partial charge < -0.3 is 0 Å². The minimum Gasteiger partial charge on any atom is -0.248 e. The second kappa shape index (κ2) is 4.99. The molecule has 0 radical (unpaired) electrons. The van der Waals surface area contributed by atoms with Gasteiger partial charge in [-0.05, 0) is 23.8 Å². The molecule has 0 bridgehead atoms. The SMILES string of the molecule is c1ccc(-c2cccc3c2=Nc2c4c(ccc2=3)=Nc2ccccc2-4)cc1. The third-order valence-electron chi connectivity index (χ3n) is 5.20. The molecule has 0 amide bonds. The molecule has 6 rings (SSSR count). The summed E-state index contributed by atoms with van der Waals surface area (Å²) >= 11 is 0. The van der Waals surface area contributed by atoms with Crippen molar-refractivity contribution in [3.8, 4) is 22.3 Å². The van der Waals surface area contributed by atoms with Crippen LogP contribution in [0, 0.1) is 10.4 Å². The van der Waals surface area contributed by atoms with E-state index in [1.807, 2.05) is 12.1 Å². The van der Waals surface area contributed by atoms with Gasteiger partial charge in [-0.1, -0.05) is 66.7 Å². The maximum Gasteiger partial charge on any atom is 0.0817 e. The van der Waals surface area contributed by atoms with Crippen LogP contribution < -0.4 is 10.7 Å². The lowest BCUT2D eigenvalue weighted by Crippen LogP contribution is -2.05. The molecule has 0 aromatic heterocycles. The van der Waals surface area contributed by atoms with Crippen LogP contribution in [0.3, 0.4) is 0 Å². The first-order valence-corrected chi connectivity index (χ1v) is 8.79. The van der Waals surface area contributed by atoms with Crippen molar-refractivity contribution in [3.63, 3.8) is 0 Å². The van der Waals surface area contributed by atoms with Gasteiger partial charge in [0.1, 0.15) is 0 Å². The molecule has 2 heterocycles. The summed E-state index contributed by atoms with van der Waals surface area (Å²) in [5.41, 5.74) is 6.80. The highest BCUT2D eigenvalue weighted by Gasteiger charge is 2.20. The van der Waals surface area contributed by atoms with Crippen molar-refractivity contribution in [2.75, 3.05) is 0 Å². The summed E-state index contributed by atoms with van der Waals surface area (Å²) in [7, 11) is 0. The first-order valence-electron chi connectivity index (χ1n) is 8.79. The van der Waals surface area contributed by atoms with E-state index < -0.39 is 0 Å². The van der Waals surface area contributed by atoms with Crippen LogP contribution in [0.5, 0.6) is 0 Å². The monoisotopic (exact) mass is 330 g/mol. The zero-order valence-corrected chi connectivity index (χ0v) is 14.0. The molecule has 2 heteroatoms. The number of hydrogen-bond donors (Lipinski definition) is 0. The van der Waals surface area contributed by atoms with Crippen molar-refractivity contribution < 1.29 is 0 Å². The molecule has 0 N–H and O–H groups in total. The fourth-order valence-electron chi connectivity index (χ4n) is 4.03. The maximum absolute atomic E-state index is 5.10. The zero-order chi connectivity index (χ0) is 17.1. The fraction of sp³-hybridized carbons (Fsp3) is 0. The molecule has 4 aromatic carbocycles. The molecule has 2 aliphatic rings. The van der Waals surface area contributed by atoms with Crippen molar-refractivity contribution in [2.45, 2.75) is 0 Å². The van der Waals surface area contributed by atoms with E-state index in [9.17, 15) is 0 Å². The van der Waals surface area contributed by atoms with Gasteiger partial charge in [0, 0.05) is 27.1 Å². The van der Waals surface area contributed by atoms with Gasteiger partial charge in [0.05, 0.1) is 22.1 Å². The second-order valence-electron chi connectivity index (χ2n) is 6.66. The molecule has 2 aliphatic heterocycles. The van der Waals surface area contributed by atoms with E-state index >= 15 is 0 Å². The molecule has 0 aliphatic carbocycles. The van der Waals surface area contributed by atoms with E-state index in [0.717, 1.165) is 27.7 Å². The summed E-state index contributed by atoms with van der Waals surface area (Å²) in [6, 6.07) is 29.5. The van der Waals surface area contributed by atoms with Gasteiger partial charge in [0.15, 0.2) is 0 Å². The molecule has 120 valence electrons. The van der Waals surface area contributed by atoms with Gasteiger partial charge in [0.25, 0.3) is 0 Å². The minimum atomic E-state index is 1.02. The Kier molecular flexibility index (Phi) is 2.64. The number of rotatable bonds is 1. The third kappa shape index (κ3) is 1.76. The van der Waals surface area contributed by atoms with Crippen LogP contribution in [0.25, 0.3) is 22.3 Å². The highest BCUT2D eigenvalue weighted by Crippen LogP contribution is 2.39. The topological polar surface area (TPSA) is 24.7 Å². The van der Waals surface area contributed by atoms with Crippen molar-refractivity contribution in [1.82, 2.24) is 0 Å². The van der Waals surface area contributed by atoms with Crippen LogP contribution in [-0.2, 0) is 0 Å². The normalized spacial score (nSPS) is 12.5. The van der Waals surface area contributed by atoms with Crippen molar-refractivity contribution in [1.29, 1.82) is 0 Å².